The summed E-state index contributed by atoms with van der Waals surface area (Å²) in [4.78, 5) is 20.2. The van der Waals surface area contributed by atoms with Crippen LogP contribution in [0.25, 0.3) is 22.6 Å². The molecule has 0 unspecified atom stereocenters. The lowest BCUT2D eigenvalue weighted by atomic mass is 10.2. The van der Waals surface area contributed by atoms with Gasteiger partial charge < -0.3 is 9.30 Å². The van der Waals surface area contributed by atoms with E-state index < -0.39 is 5.82 Å². The molecule has 0 radical (unpaired) electrons. The number of rotatable bonds is 6. The van der Waals surface area contributed by atoms with Gasteiger partial charge in [-0.2, -0.15) is 5.10 Å². The molecular weight excluding hydrogens is 411 g/mol. The number of fused-ring (bicyclic) bond motifs is 1. The van der Waals surface area contributed by atoms with E-state index in [2.05, 4.69) is 25.0 Å². The number of morpholine rings is 1. The number of imidazole rings is 1. The predicted molar refractivity (Wildman–Crippen MR) is 117 cm³/mol. The fourth-order valence-electron chi connectivity index (χ4n) is 4.04. The molecule has 1 aliphatic heterocycles. The van der Waals surface area contributed by atoms with Crippen molar-refractivity contribution < 1.29 is 9.13 Å². The van der Waals surface area contributed by atoms with Crippen molar-refractivity contribution in [2.24, 2.45) is 0 Å². The largest absolute Gasteiger partial charge is 0.379 e. The number of nitrogens with zero attached hydrogens (tertiary/aromatic N) is 8. The number of hydrogen-bond acceptors (Lipinski definition) is 7. The molecule has 166 valence electrons. The lowest BCUT2D eigenvalue weighted by molar-refractivity contribution is 0.0359. The summed E-state index contributed by atoms with van der Waals surface area (Å²) in [6.07, 6.45) is 6.70. The van der Waals surface area contributed by atoms with Crippen LogP contribution in [0, 0.1) is 19.7 Å². The smallest absolute Gasteiger partial charge is 0.164 e. The molecule has 1 saturated heterocycles. The number of hydrogen-bond donors (Lipinski definition) is 0. The van der Waals surface area contributed by atoms with Crippen molar-refractivity contribution in [3.63, 3.8) is 0 Å². The molecule has 9 nitrogen and oxygen atoms in total. The molecule has 0 amide bonds. The molecule has 0 aliphatic carbocycles. The molecule has 0 spiro atoms. The first-order valence-electron chi connectivity index (χ1n) is 10.7. The van der Waals surface area contributed by atoms with Crippen LogP contribution in [0.5, 0.6) is 0 Å². The van der Waals surface area contributed by atoms with Gasteiger partial charge in [0, 0.05) is 43.2 Å². The Balaban J connectivity index is 1.45. The molecular formula is C22H25FN8O. The zero-order valence-corrected chi connectivity index (χ0v) is 18.2. The van der Waals surface area contributed by atoms with E-state index in [4.69, 9.17) is 9.72 Å². The van der Waals surface area contributed by atoms with Gasteiger partial charge >= 0.3 is 0 Å². The van der Waals surface area contributed by atoms with Gasteiger partial charge in [-0.3, -0.25) is 14.6 Å². The summed E-state index contributed by atoms with van der Waals surface area (Å²) in [5.41, 5.74) is 3.83. The SMILES string of the molecule is Cc1nc(C)c2nc(-c3cncc(F)c3)n(Cc3cnn(CCN4CCOCC4)c3)c2n1. The summed E-state index contributed by atoms with van der Waals surface area (Å²) in [5, 5.41) is 4.53. The fraction of sp³-hybridized carbons (Fsp3) is 0.409. The lowest BCUT2D eigenvalue weighted by Gasteiger charge is -2.26. The second kappa shape index (κ2) is 8.71. The molecule has 32 heavy (non-hydrogen) atoms. The van der Waals surface area contributed by atoms with E-state index in [1.54, 1.807) is 6.20 Å². The second-order valence-corrected chi connectivity index (χ2v) is 8.01. The monoisotopic (exact) mass is 436 g/mol. The highest BCUT2D eigenvalue weighted by Gasteiger charge is 2.18. The average Bonchev–Trinajstić information content (AvgIpc) is 3.38. The van der Waals surface area contributed by atoms with Gasteiger partial charge in [-0.1, -0.05) is 0 Å². The third kappa shape index (κ3) is 4.23. The first kappa shape index (κ1) is 20.7. The quantitative estimate of drug-likeness (QED) is 0.458. The Bertz CT molecular complexity index is 1240. The minimum absolute atomic E-state index is 0.406. The van der Waals surface area contributed by atoms with Crippen molar-refractivity contribution >= 4 is 11.2 Å². The van der Waals surface area contributed by atoms with Crippen molar-refractivity contribution in [2.45, 2.75) is 26.9 Å². The van der Waals surface area contributed by atoms with Gasteiger partial charge in [0.25, 0.3) is 0 Å². The molecule has 0 bridgehead atoms. The highest BCUT2D eigenvalue weighted by molar-refractivity contribution is 5.79. The minimum atomic E-state index is -0.406. The van der Waals surface area contributed by atoms with E-state index in [-0.39, 0.29) is 0 Å². The Hall–Kier alpha value is -3.24. The van der Waals surface area contributed by atoms with E-state index in [1.807, 2.05) is 35.5 Å². The zero-order valence-electron chi connectivity index (χ0n) is 18.2. The number of aromatic nitrogens is 7. The van der Waals surface area contributed by atoms with Crippen LogP contribution in [0.15, 0.2) is 30.9 Å². The Morgan fingerprint density at radius 2 is 1.88 bits per heavy atom. The lowest BCUT2D eigenvalue weighted by Crippen LogP contribution is -2.38. The Kier molecular flexibility index (Phi) is 5.62. The molecule has 5 heterocycles. The summed E-state index contributed by atoms with van der Waals surface area (Å²) in [7, 11) is 0. The van der Waals surface area contributed by atoms with Gasteiger partial charge in [0.2, 0.25) is 0 Å². The summed E-state index contributed by atoms with van der Waals surface area (Å²) in [6.45, 7) is 9.51. The third-order valence-corrected chi connectivity index (χ3v) is 5.62. The molecule has 0 aromatic carbocycles. The van der Waals surface area contributed by atoms with Crippen molar-refractivity contribution in [3.8, 4) is 11.4 Å². The first-order valence-corrected chi connectivity index (χ1v) is 10.7. The maximum atomic E-state index is 13.9. The summed E-state index contributed by atoms with van der Waals surface area (Å²) < 4.78 is 23.2. The predicted octanol–water partition coefficient (Wildman–Crippen LogP) is 2.22. The molecule has 10 heteroatoms. The second-order valence-electron chi connectivity index (χ2n) is 8.01. The summed E-state index contributed by atoms with van der Waals surface area (Å²) >= 11 is 0. The van der Waals surface area contributed by atoms with Crippen LogP contribution in [0.3, 0.4) is 0 Å². The molecule has 1 fully saturated rings. The van der Waals surface area contributed by atoms with Crippen LogP contribution in [0.4, 0.5) is 4.39 Å². The topological polar surface area (TPSA) is 86.8 Å². The van der Waals surface area contributed by atoms with Crippen LogP contribution < -0.4 is 0 Å². The Morgan fingerprint density at radius 3 is 2.69 bits per heavy atom. The van der Waals surface area contributed by atoms with E-state index in [9.17, 15) is 4.39 Å². The van der Waals surface area contributed by atoms with Gasteiger partial charge in [-0.15, -0.1) is 0 Å². The van der Waals surface area contributed by atoms with Gasteiger partial charge in [-0.25, -0.2) is 19.3 Å². The highest BCUT2D eigenvalue weighted by atomic mass is 19.1. The maximum Gasteiger partial charge on any atom is 0.164 e. The van der Waals surface area contributed by atoms with E-state index >= 15 is 0 Å². The molecule has 5 rings (SSSR count). The standard InChI is InChI=1S/C22H25FN8O/c1-15-20-22(27-16(2)26-15)31(21(28-20)18-9-19(23)12-24-11-18)14-17-10-25-30(13-17)4-3-29-5-7-32-8-6-29/h9-13H,3-8,14H2,1-2H3. The Morgan fingerprint density at radius 1 is 1.03 bits per heavy atom. The van der Waals surface area contributed by atoms with Crippen molar-refractivity contribution in [3.05, 3.63) is 53.8 Å². The van der Waals surface area contributed by atoms with Crippen LogP contribution >= 0.6 is 0 Å². The number of ether oxygens (including phenoxy) is 1. The Labute approximate surface area is 184 Å². The fourth-order valence-corrected chi connectivity index (χ4v) is 4.04. The van der Waals surface area contributed by atoms with E-state index in [1.165, 1.54) is 12.3 Å². The van der Waals surface area contributed by atoms with Gasteiger partial charge in [0.1, 0.15) is 23.0 Å². The van der Waals surface area contributed by atoms with Crippen molar-refractivity contribution in [2.75, 3.05) is 32.8 Å². The van der Waals surface area contributed by atoms with Crippen LogP contribution in [0.2, 0.25) is 0 Å². The maximum absolute atomic E-state index is 13.9. The van der Waals surface area contributed by atoms with E-state index in [0.717, 1.165) is 56.3 Å². The molecule has 0 N–H and O–H groups in total. The first-order chi connectivity index (χ1) is 15.6. The minimum Gasteiger partial charge on any atom is -0.379 e. The highest BCUT2D eigenvalue weighted by Crippen LogP contribution is 2.26. The van der Waals surface area contributed by atoms with Crippen LogP contribution in [0.1, 0.15) is 17.1 Å². The average molecular weight is 436 g/mol. The number of pyridine rings is 1. The third-order valence-electron chi connectivity index (χ3n) is 5.62. The van der Waals surface area contributed by atoms with E-state index in [0.29, 0.717) is 29.3 Å². The van der Waals surface area contributed by atoms with Crippen LogP contribution in [-0.4, -0.2) is 72.0 Å². The molecule has 1 aliphatic rings. The van der Waals surface area contributed by atoms with Crippen molar-refractivity contribution in [1.29, 1.82) is 0 Å². The van der Waals surface area contributed by atoms with Gasteiger partial charge in [0.15, 0.2) is 5.65 Å². The van der Waals surface area contributed by atoms with Crippen molar-refractivity contribution in [1.82, 2.24) is 39.2 Å². The normalized spacial score (nSPS) is 15.0. The molecule has 4 aromatic rings. The van der Waals surface area contributed by atoms with Crippen LogP contribution in [-0.2, 0) is 17.8 Å². The number of aryl methyl sites for hydroxylation is 2. The molecule has 0 saturated carbocycles. The summed E-state index contributed by atoms with van der Waals surface area (Å²) in [5.74, 6) is 0.869. The summed E-state index contributed by atoms with van der Waals surface area (Å²) in [6, 6.07) is 1.44. The molecule has 4 aromatic heterocycles. The molecule has 0 atom stereocenters. The number of halogens is 1. The van der Waals surface area contributed by atoms with Gasteiger partial charge in [-0.05, 0) is 19.9 Å². The van der Waals surface area contributed by atoms with Gasteiger partial charge in [0.05, 0.1) is 44.4 Å². The zero-order chi connectivity index (χ0) is 22.1.